The first-order valence-electron chi connectivity index (χ1n) is 8.02. The van der Waals surface area contributed by atoms with Crippen molar-refractivity contribution in [3.63, 3.8) is 0 Å². The van der Waals surface area contributed by atoms with Gasteiger partial charge in [0.2, 0.25) is 11.8 Å². The topological polar surface area (TPSA) is 86.7 Å². The normalized spacial score (nSPS) is 22.1. The maximum Gasteiger partial charge on any atom is 0.310 e. The van der Waals surface area contributed by atoms with Crippen LogP contribution in [0.4, 0.5) is 10.1 Å². The summed E-state index contributed by atoms with van der Waals surface area (Å²) in [5.74, 6) is -2.26. The molecule has 2 fully saturated rings. The number of nitrogens with one attached hydrogen (secondary N) is 1. The maximum atomic E-state index is 13.8. The molecule has 1 heterocycles. The molecular weight excluding hydrogens is 315 g/mol. The number of hydrogen-bond donors (Lipinski definition) is 2. The number of hydrogen-bond acceptors (Lipinski definition) is 3. The Labute approximate surface area is 138 Å². The van der Waals surface area contributed by atoms with Crippen LogP contribution in [0.2, 0.25) is 0 Å². The van der Waals surface area contributed by atoms with Gasteiger partial charge in [-0.25, -0.2) is 4.39 Å². The van der Waals surface area contributed by atoms with Crippen LogP contribution in [0, 0.1) is 11.2 Å². The predicted octanol–water partition coefficient (Wildman–Crippen LogP) is 1.69. The Morgan fingerprint density at radius 1 is 1.33 bits per heavy atom. The van der Waals surface area contributed by atoms with Gasteiger partial charge in [-0.05, 0) is 31.4 Å². The van der Waals surface area contributed by atoms with Crippen molar-refractivity contribution in [2.45, 2.75) is 38.1 Å². The van der Waals surface area contributed by atoms with Gasteiger partial charge in [-0.15, -0.1) is 0 Å². The second-order valence-electron chi connectivity index (χ2n) is 6.47. The number of amides is 2. The number of benzene rings is 1. The van der Waals surface area contributed by atoms with Crippen molar-refractivity contribution in [3.8, 4) is 0 Å². The molecule has 0 aromatic heterocycles. The fraction of sp³-hybridized carbons (Fsp3) is 0.471. The van der Waals surface area contributed by atoms with E-state index in [9.17, 15) is 23.9 Å². The predicted molar refractivity (Wildman–Crippen MR) is 83.8 cm³/mol. The summed E-state index contributed by atoms with van der Waals surface area (Å²) in [6.45, 7) is 0.314. The summed E-state index contributed by atoms with van der Waals surface area (Å²) in [6, 6.07) is 5.25. The van der Waals surface area contributed by atoms with Gasteiger partial charge in [-0.3, -0.25) is 14.4 Å². The Morgan fingerprint density at radius 2 is 2.04 bits per heavy atom. The van der Waals surface area contributed by atoms with Gasteiger partial charge in [-0.2, -0.15) is 0 Å². The van der Waals surface area contributed by atoms with Gasteiger partial charge in [0.15, 0.2) is 0 Å². The third kappa shape index (κ3) is 2.86. The zero-order chi connectivity index (χ0) is 17.3. The molecule has 24 heavy (non-hydrogen) atoms. The van der Waals surface area contributed by atoms with Gasteiger partial charge < -0.3 is 15.3 Å². The van der Waals surface area contributed by atoms with Crippen LogP contribution in [0.1, 0.15) is 32.1 Å². The van der Waals surface area contributed by atoms with Gasteiger partial charge >= 0.3 is 5.97 Å². The van der Waals surface area contributed by atoms with Crippen LogP contribution in [0.5, 0.6) is 0 Å². The highest BCUT2D eigenvalue weighted by Gasteiger charge is 2.46. The van der Waals surface area contributed by atoms with E-state index in [0.29, 0.717) is 25.8 Å². The summed E-state index contributed by atoms with van der Waals surface area (Å²) < 4.78 is 13.8. The Morgan fingerprint density at radius 3 is 2.62 bits per heavy atom. The molecule has 0 spiro atoms. The Hall–Kier alpha value is -2.44. The first kappa shape index (κ1) is 16.4. The molecule has 1 aliphatic heterocycles. The van der Waals surface area contributed by atoms with E-state index in [4.69, 9.17) is 0 Å². The van der Waals surface area contributed by atoms with E-state index in [2.05, 4.69) is 5.32 Å². The lowest BCUT2D eigenvalue weighted by Crippen LogP contribution is -2.46. The third-order valence-electron chi connectivity index (χ3n) is 4.95. The maximum absolute atomic E-state index is 13.8. The molecule has 1 saturated carbocycles. The van der Waals surface area contributed by atoms with Gasteiger partial charge in [0.1, 0.15) is 11.9 Å². The van der Waals surface area contributed by atoms with E-state index in [1.165, 1.54) is 17.0 Å². The average molecular weight is 334 g/mol. The number of halogens is 1. The number of anilines is 1. The van der Waals surface area contributed by atoms with Crippen molar-refractivity contribution in [2.75, 3.05) is 11.4 Å². The summed E-state index contributed by atoms with van der Waals surface area (Å²) in [4.78, 5) is 37.2. The molecule has 1 aliphatic carbocycles. The number of carbonyl (C=O) groups excluding carboxylic acids is 2. The Bertz CT molecular complexity index is 687. The number of carboxylic acids is 1. The van der Waals surface area contributed by atoms with Gasteiger partial charge in [-0.1, -0.05) is 18.6 Å². The number of carboxylic acid groups (broad SMARTS) is 1. The van der Waals surface area contributed by atoms with Crippen LogP contribution in [0.3, 0.4) is 0 Å². The summed E-state index contributed by atoms with van der Waals surface area (Å²) in [7, 11) is 0. The number of carbonyl (C=O) groups is 3. The largest absolute Gasteiger partial charge is 0.481 e. The molecule has 2 aliphatic rings. The summed E-state index contributed by atoms with van der Waals surface area (Å²) >= 11 is 0. The molecule has 6 nitrogen and oxygen atoms in total. The second-order valence-corrected chi connectivity index (χ2v) is 6.47. The zero-order valence-corrected chi connectivity index (χ0v) is 13.1. The molecule has 128 valence electrons. The number of rotatable bonds is 5. The zero-order valence-electron chi connectivity index (χ0n) is 13.1. The molecular formula is C17H19FN2O4. The fourth-order valence-electron chi connectivity index (χ4n) is 3.35. The number of para-hydroxylation sites is 1. The smallest absolute Gasteiger partial charge is 0.310 e. The molecule has 3 rings (SSSR count). The molecule has 0 bridgehead atoms. The van der Waals surface area contributed by atoms with Gasteiger partial charge in [0.05, 0.1) is 11.1 Å². The summed E-state index contributed by atoms with van der Waals surface area (Å²) in [6.07, 6.45) is 2.01. The fourth-order valence-corrected chi connectivity index (χ4v) is 3.35. The highest BCUT2D eigenvalue weighted by atomic mass is 19.1. The van der Waals surface area contributed by atoms with Crippen molar-refractivity contribution in [2.24, 2.45) is 5.41 Å². The lowest BCUT2D eigenvalue weighted by Gasteiger charge is -2.37. The molecule has 2 amide bonds. The second kappa shape index (κ2) is 6.22. The molecule has 1 aromatic carbocycles. The molecule has 2 N–H and O–H groups in total. The minimum atomic E-state index is -0.989. The van der Waals surface area contributed by atoms with Crippen LogP contribution >= 0.6 is 0 Å². The number of nitrogens with zero attached hydrogens (tertiary/aromatic N) is 1. The summed E-state index contributed by atoms with van der Waals surface area (Å²) in [5.41, 5.74) is -0.794. The van der Waals surface area contributed by atoms with Crippen molar-refractivity contribution < 1.29 is 23.9 Å². The van der Waals surface area contributed by atoms with E-state index >= 15 is 0 Å². The molecule has 7 heteroatoms. The van der Waals surface area contributed by atoms with Crippen LogP contribution < -0.4 is 10.2 Å². The Kier molecular flexibility index (Phi) is 4.26. The molecule has 1 aromatic rings. The average Bonchev–Trinajstić information content (AvgIpc) is 2.84. The van der Waals surface area contributed by atoms with Crippen molar-refractivity contribution >= 4 is 23.5 Å². The SMILES string of the molecule is O=C(CC1(C(=O)O)CCC1)NC1CCN(c2ccccc2F)C1=O. The first-order chi connectivity index (χ1) is 11.4. The molecule has 0 radical (unpaired) electrons. The lowest BCUT2D eigenvalue weighted by atomic mass is 9.66. The van der Waals surface area contributed by atoms with Crippen LogP contribution in [0.15, 0.2) is 24.3 Å². The van der Waals surface area contributed by atoms with Crippen LogP contribution in [-0.2, 0) is 14.4 Å². The van der Waals surface area contributed by atoms with Crippen LogP contribution in [0.25, 0.3) is 0 Å². The lowest BCUT2D eigenvalue weighted by molar-refractivity contribution is -0.157. The van der Waals surface area contributed by atoms with E-state index < -0.39 is 29.2 Å². The number of aliphatic carboxylic acids is 1. The molecule has 1 atom stereocenters. The Balaban J connectivity index is 1.63. The van der Waals surface area contributed by atoms with Gasteiger partial charge in [0, 0.05) is 13.0 Å². The first-order valence-corrected chi connectivity index (χ1v) is 8.02. The highest BCUT2D eigenvalue weighted by Crippen LogP contribution is 2.44. The molecule has 1 unspecified atom stereocenters. The minimum Gasteiger partial charge on any atom is -0.481 e. The van der Waals surface area contributed by atoms with E-state index in [0.717, 1.165) is 6.42 Å². The standard InChI is InChI=1S/C17H19FN2O4/c18-11-4-1-2-5-13(11)20-9-6-12(15(20)22)19-14(21)10-17(16(23)24)7-3-8-17/h1-2,4-5,12H,3,6-10H2,(H,19,21)(H,23,24). The van der Waals surface area contributed by atoms with E-state index in [1.54, 1.807) is 12.1 Å². The molecule has 1 saturated heterocycles. The van der Waals surface area contributed by atoms with E-state index in [-0.39, 0.29) is 18.0 Å². The summed E-state index contributed by atoms with van der Waals surface area (Å²) in [5, 5.41) is 11.9. The van der Waals surface area contributed by atoms with E-state index in [1.807, 2.05) is 0 Å². The van der Waals surface area contributed by atoms with Crippen molar-refractivity contribution in [1.82, 2.24) is 5.32 Å². The minimum absolute atomic E-state index is 0.119. The quantitative estimate of drug-likeness (QED) is 0.858. The van der Waals surface area contributed by atoms with Crippen LogP contribution in [-0.4, -0.2) is 35.5 Å². The van der Waals surface area contributed by atoms with Crippen molar-refractivity contribution in [3.05, 3.63) is 30.1 Å². The monoisotopic (exact) mass is 334 g/mol. The van der Waals surface area contributed by atoms with Gasteiger partial charge in [0.25, 0.3) is 0 Å². The van der Waals surface area contributed by atoms with Crippen molar-refractivity contribution in [1.29, 1.82) is 0 Å². The third-order valence-corrected chi connectivity index (χ3v) is 4.95. The highest BCUT2D eigenvalue weighted by molar-refractivity contribution is 6.01.